The van der Waals surface area contributed by atoms with Gasteiger partial charge in [-0.2, -0.15) is 0 Å². The van der Waals surface area contributed by atoms with Gasteiger partial charge in [-0.3, -0.25) is 0 Å². The van der Waals surface area contributed by atoms with E-state index in [0.29, 0.717) is 29.7 Å². The number of nitrogens with zero attached hydrogens (tertiary/aromatic N) is 1. The lowest BCUT2D eigenvalue weighted by atomic mass is 9.80. The van der Waals surface area contributed by atoms with Crippen molar-refractivity contribution < 1.29 is 0 Å². The van der Waals surface area contributed by atoms with Gasteiger partial charge < -0.3 is 0 Å². The largest absolute Gasteiger partial charge is 0.229 e. The second-order valence-corrected chi connectivity index (χ2v) is 8.99. The Hall–Kier alpha value is -1.08. The minimum absolute atomic E-state index is 0.409. The van der Waals surface area contributed by atoms with Crippen LogP contribution in [-0.4, -0.2) is 11.2 Å². The van der Waals surface area contributed by atoms with E-state index in [1.54, 1.807) is 0 Å². The van der Waals surface area contributed by atoms with Crippen molar-refractivity contribution in [2.45, 2.75) is 90.0 Å². The molecule has 0 spiro atoms. The molecule has 0 aromatic rings. The Bertz CT molecular complexity index is 600. The van der Waals surface area contributed by atoms with Crippen LogP contribution >= 0.6 is 12.2 Å². The van der Waals surface area contributed by atoms with E-state index in [4.69, 9.17) is 12.2 Å². The molecule has 1 nitrogen and oxygen atoms in total. The van der Waals surface area contributed by atoms with Gasteiger partial charge in [-0.25, -0.2) is 4.99 Å². The molecule has 140 valence electrons. The molecule has 3 rings (SSSR count). The van der Waals surface area contributed by atoms with Crippen molar-refractivity contribution in [1.29, 1.82) is 0 Å². The molecular weight excluding hydrogens is 334 g/mol. The van der Waals surface area contributed by atoms with Gasteiger partial charge in [-0.1, -0.05) is 30.6 Å². The van der Waals surface area contributed by atoms with Crippen LogP contribution in [0.15, 0.2) is 4.99 Å². The molecule has 0 aliphatic heterocycles. The zero-order valence-corrected chi connectivity index (χ0v) is 17.1. The molecule has 3 saturated carbocycles. The lowest BCUT2D eigenvalue weighted by Gasteiger charge is -2.24. The standard InChI is InChI=1S/C24H33NS/c1-19-2-4-20(5-3-19)6-7-21-8-10-22(11-9-21)12-13-23-14-16-24(17-15-23)25-18-26/h19-24H,2-5,8-11,14-17H2,1H3. The molecule has 3 aliphatic carbocycles. The Morgan fingerprint density at radius 3 is 1.31 bits per heavy atom. The topological polar surface area (TPSA) is 12.4 Å². The van der Waals surface area contributed by atoms with E-state index in [0.717, 1.165) is 18.8 Å². The van der Waals surface area contributed by atoms with Crippen molar-refractivity contribution >= 4 is 17.4 Å². The van der Waals surface area contributed by atoms with E-state index in [-0.39, 0.29) is 0 Å². The number of isothiocyanates is 1. The highest BCUT2D eigenvalue weighted by molar-refractivity contribution is 7.78. The average Bonchev–Trinajstić information content (AvgIpc) is 2.68. The van der Waals surface area contributed by atoms with Crippen LogP contribution in [0.3, 0.4) is 0 Å². The molecule has 0 heterocycles. The molecule has 0 bridgehead atoms. The van der Waals surface area contributed by atoms with E-state index >= 15 is 0 Å². The Kier molecular flexibility index (Phi) is 7.80. The summed E-state index contributed by atoms with van der Waals surface area (Å²) in [6.45, 7) is 2.38. The quantitative estimate of drug-likeness (QED) is 0.301. The van der Waals surface area contributed by atoms with Gasteiger partial charge in [0.05, 0.1) is 11.2 Å². The maximum atomic E-state index is 4.71. The average molecular weight is 368 g/mol. The second-order valence-electron chi connectivity index (χ2n) is 8.81. The van der Waals surface area contributed by atoms with Crippen LogP contribution in [0.2, 0.25) is 0 Å². The van der Waals surface area contributed by atoms with E-state index in [2.05, 4.69) is 40.8 Å². The predicted molar refractivity (Wildman–Crippen MR) is 113 cm³/mol. The molecule has 2 heteroatoms. The van der Waals surface area contributed by atoms with Gasteiger partial charge >= 0.3 is 0 Å². The first-order valence-corrected chi connectivity index (χ1v) is 11.2. The molecule has 0 atom stereocenters. The normalized spacial score (nSPS) is 37.3. The van der Waals surface area contributed by atoms with E-state index in [1.807, 2.05) is 0 Å². The summed E-state index contributed by atoms with van der Waals surface area (Å²) < 4.78 is 0. The fourth-order valence-corrected chi connectivity index (χ4v) is 4.83. The van der Waals surface area contributed by atoms with Gasteiger partial charge in [0.25, 0.3) is 0 Å². The van der Waals surface area contributed by atoms with Crippen molar-refractivity contribution in [3.63, 3.8) is 0 Å². The molecule has 0 radical (unpaired) electrons. The first-order valence-electron chi connectivity index (χ1n) is 10.8. The predicted octanol–water partition coefficient (Wildman–Crippen LogP) is 6.29. The van der Waals surface area contributed by atoms with Gasteiger partial charge in [0.15, 0.2) is 0 Å². The summed E-state index contributed by atoms with van der Waals surface area (Å²) in [6, 6.07) is 0.409. The zero-order valence-electron chi connectivity index (χ0n) is 16.3. The summed E-state index contributed by atoms with van der Waals surface area (Å²) in [6.07, 6.45) is 15.0. The van der Waals surface area contributed by atoms with Gasteiger partial charge in [0.1, 0.15) is 0 Å². The lowest BCUT2D eigenvalue weighted by Crippen LogP contribution is -2.16. The smallest absolute Gasteiger partial charge is 0.0603 e. The first kappa shape index (κ1) is 19.7. The second kappa shape index (κ2) is 10.3. The van der Waals surface area contributed by atoms with Crippen molar-refractivity contribution in [1.82, 2.24) is 0 Å². The van der Waals surface area contributed by atoms with Gasteiger partial charge in [0.2, 0.25) is 0 Å². The van der Waals surface area contributed by atoms with Crippen molar-refractivity contribution in [3.8, 4) is 23.7 Å². The third-order valence-electron chi connectivity index (χ3n) is 6.66. The monoisotopic (exact) mass is 367 g/mol. The lowest BCUT2D eigenvalue weighted by molar-refractivity contribution is 0.336. The van der Waals surface area contributed by atoms with Crippen LogP contribution in [0.25, 0.3) is 0 Å². The molecule has 0 amide bonds. The highest BCUT2D eigenvalue weighted by atomic mass is 32.1. The van der Waals surface area contributed by atoms with Crippen molar-refractivity contribution in [2.24, 2.45) is 34.6 Å². The molecule has 0 N–H and O–H groups in total. The molecule has 0 aromatic carbocycles. The maximum absolute atomic E-state index is 4.71. The third kappa shape index (κ3) is 6.27. The molecule has 26 heavy (non-hydrogen) atoms. The highest BCUT2D eigenvalue weighted by Gasteiger charge is 2.21. The van der Waals surface area contributed by atoms with E-state index in [1.165, 1.54) is 64.2 Å². The minimum atomic E-state index is 0.409. The Labute approximate surface area is 165 Å². The van der Waals surface area contributed by atoms with Crippen molar-refractivity contribution in [3.05, 3.63) is 0 Å². The summed E-state index contributed by atoms with van der Waals surface area (Å²) in [5.41, 5.74) is 0. The summed E-state index contributed by atoms with van der Waals surface area (Å²) in [7, 11) is 0. The van der Waals surface area contributed by atoms with Crippen LogP contribution in [0.1, 0.15) is 84.0 Å². The number of thiocarbonyl (C=S) groups is 1. The van der Waals surface area contributed by atoms with Gasteiger partial charge in [0, 0.05) is 23.7 Å². The number of hydrogen-bond acceptors (Lipinski definition) is 2. The van der Waals surface area contributed by atoms with Crippen LogP contribution in [0.4, 0.5) is 0 Å². The number of rotatable bonds is 1. The number of aliphatic imine (C=N–C) groups is 1. The van der Waals surface area contributed by atoms with E-state index < -0.39 is 0 Å². The van der Waals surface area contributed by atoms with Crippen LogP contribution < -0.4 is 0 Å². The molecular formula is C24H33NS. The molecule has 3 aliphatic rings. The van der Waals surface area contributed by atoms with Gasteiger partial charge in [-0.15, -0.1) is 0 Å². The summed E-state index contributed by atoms with van der Waals surface area (Å²) in [5.74, 6) is 17.9. The summed E-state index contributed by atoms with van der Waals surface area (Å²) >= 11 is 4.71. The minimum Gasteiger partial charge on any atom is -0.229 e. The van der Waals surface area contributed by atoms with Gasteiger partial charge in [-0.05, 0) is 95.2 Å². The van der Waals surface area contributed by atoms with Crippen LogP contribution in [-0.2, 0) is 0 Å². The highest BCUT2D eigenvalue weighted by Crippen LogP contribution is 2.31. The van der Waals surface area contributed by atoms with Crippen LogP contribution in [0.5, 0.6) is 0 Å². The SMILES string of the molecule is CC1CCC(C#CC2CCC(C#CC3CCC(N=C=S)CC3)CC2)CC1. The zero-order chi connectivity index (χ0) is 18.2. The number of hydrogen-bond donors (Lipinski definition) is 0. The first-order chi connectivity index (χ1) is 12.7. The summed E-state index contributed by atoms with van der Waals surface area (Å²) in [4.78, 5) is 4.23. The third-order valence-corrected chi connectivity index (χ3v) is 6.76. The molecule has 0 unspecified atom stereocenters. The Morgan fingerprint density at radius 1 is 0.577 bits per heavy atom. The van der Waals surface area contributed by atoms with Crippen molar-refractivity contribution in [2.75, 3.05) is 0 Å². The molecule has 0 aromatic heterocycles. The fraction of sp³-hybridized carbons (Fsp3) is 0.792. The summed E-state index contributed by atoms with van der Waals surface area (Å²) in [5, 5.41) is 2.53. The van der Waals surface area contributed by atoms with Crippen LogP contribution in [0, 0.1) is 53.3 Å². The molecule has 0 saturated heterocycles. The molecule has 3 fully saturated rings. The van der Waals surface area contributed by atoms with E-state index in [9.17, 15) is 0 Å². The Balaban J connectivity index is 1.38. The Morgan fingerprint density at radius 2 is 0.923 bits per heavy atom. The maximum Gasteiger partial charge on any atom is 0.0603 e. The fourth-order valence-electron chi connectivity index (χ4n) is 4.68.